The van der Waals surface area contributed by atoms with E-state index in [9.17, 15) is 0 Å². The first-order chi connectivity index (χ1) is 10.2. The molecule has 0 spiro atoms. The third-order valence-corrected chi connectivity index (χ3v) is 3.56. The summed E-state index contributed by atoms with van der Waals surface area (Å²) in [5.74, 6) is 0.876. The van der Waals surface area contributed by atoms with Crippen LogP contribution in [0, 0.1) is 0 Å². The Labute approximate surface area is 128 Å². The molecule has 0 saturated carbocycles. The number of rotatable bonds is 4. The van der Waals surface area contributed by atoms with Crippen LogP contribution in [0.4, 0.5) is 5.69 Å². The quantitative estimate of drug-likeness (QED) is 0.720. The Hall–Kier alpha value is -2.26. The molecule has 3 rings (SSSR count). The highest BCUT2D eigenvalue weighted by atomic mass is 35.5. The second kappa shape index (κ2) is 6.02. The number of fused-ring (bicyclic) bond motifs is 1. The van der Waals surface area contributed by atoms with Gasteiger partial charge in [-0.05, 0) is 46.7 Å². The highest BCUT2D eigenvalue weighted by molar-refractivity contribution is 6.29. The second-order valence-corrected chi connectivity index (χ2v) is 5.16. The minimum absolute atomic E-state index is 0.500. The molecule has 106 valence electrons. The lowest BCUT2D eigenvalue weighted by Gasteiger charge is -2.08. The van der Waals surface area contributed by atoms with Crippen LogP contribution >= 0.6 is 11.6 Å². The molecule has 0 amide bonds. The molecule has 3 nitrogen and oxygen atoms in total. The van der Waals surface area contributed by atoms with Gasteiger partial charge in [0.15, 0.2) is 0 Å². The number of nitrogens with zero attached hydrogens (tertiary/aromatic N) is 1. The SMILES string of the molecule is COc1ccc2cc(CNc3ccc(Cl)nc3)ccc2c1. The van der Waals surface area contributed by atoms with Crippen molar-refractivity contribution in [3.05, 3.63) is 65.4 Å². The Balaban J connectivity index is 1.76. The molecular weight excluding hydrogens is 284 g/mol. The number of ether oxygens (including phenoxy) is 1. The number of anilines is 1. The van der Waals surface area contributed by atoms with Crippen LogP contribution in [0.1, 0.15) is 5.56 Å². The van der Waals surface area contributed by atoms with Crippen LogP contribution in [0.25, 0.3) is 10.8 Å². The molecule has 1 aromatic heterocycles. The molecule has 1 heterocycles. The van der Waals surface area contributed by atoms with Gasteiger partial charge in [-0.1, -0.05) is 29.8 Å². The average Bonchev–Trinajstić information content (AvgIpc) is 2.53. The summed E-state index contributed by atoms with van der Waals surface area (Å²) in [6.07, 6.45) is 1.73. The number of hydrogen-bond acceptors (Lipinski definition) is 3. The zero-order valence-corrected chi connectivity index (χ0v) is 12.4. The normalized spacial score (nSPS) is 10.6. The highest BCUT2D eigenvalue weighted by Gasteiger charge is 2.00. The van der Waals surface area contributed by atoms with E-state index in [0.717, 1.165) is 18.0 Å². The number of pyridine rings is 1. The second-order valence-electron chi connectivity index (χ2n) is 4.77. The monoisotopic (exact) mass is 298 g/mol. The Bertz CT molecular complexity index is 756. The van der Waals surface area contributed by atoms with E-state index in [1.807, 2.05) is 18.2 Å². The van der Waals surface area contributed by atoms with Crippen molar-refractivity contribution < 1.29 is 4.74 Å². The van der Waals surface area contributed by atoms with Crippen molar-refractivity contribution in [2.24, 2.45) is 0 Å². The van der Waals surface area contributed by atoms with Gasteiger partial charge in [-0.15, -0.1) is 0 Å². The fourth-order valence-electron chi connectivity index (χ4n) is 2.19. The molecule has 0 saturated heterocycles. The summed E-state index contributed by atoms with van der Waals surface area (Å²) >= 11 is 5.77. The maximum atomic E-state index is 5.77. The molecule has 1 N–H and O–H groups in total. The van der Waals surface area contributed by atoms with Gasteiger partial charge in [0.2, 0.25) is 0 Å². The van der Waals surface area contributed by atoms with Crippen molar-refractivity contribution in [2.75, 3.05) is 12.4 Å². The van der Waals surface area contributed by atoms with Crippen molar-refractivity contribution in [3.63, 3.8) is 0 Å². The average molecular weight is 299 g/mol. The van der Waals surface area contributed by atoms with Gasteiger partial charge < -0.3 is 10.1 Å². The van der Waals surface area contributed by atoms with E-state index in [2.05, 4.69) is 34.6 Å². The van der Waals surface area contributed by atoms with Gasteiger partial charge >= 0.3 is 0 Å². The molecule has 21 heavy (non-hydrogen) atoms. The van der Waals surface area contributed by atoms with Crippen molar-refractivity contribution in [3.8, 4) is 5.75 Å². The highest BCUT2D eigenvalue weighted by Crippen LogP contribution is 2.22. The maximum absolute atomic E-state index is 5.77. The number of benzene rings is 2. The van der Waals surface area contributed by atoms with Crippen LogP contribution in [-0.4, -0.2) is 12.1 Å². The van der Waals surface area contributed by atoms with Crippen LogP contribution in [0.5, 0.6) is 5.75 Å². The van der Waals surface area contributed by atoms with Crippen LogP contribution in [0.15, 0.2) is 54.7 Å². The number of hydrogen-bond donors (Lipinski definition) is 1. The summed E-state index contributed by atoms with van der Waals surface area (Å²) in [4.78, 5) is 4.05. The van der Waals surface area contributed by atoms with E-state index in [0.29, 0.717) is 5.15 Å². The predicted octanol–water partition coefficient (Wildman–Crippen LogP) is 4.51. The molecule has 3 aromatic rings. The summed E-state index contributed by atoms with van der Waals surface area (Å²) in [5.41, 5.74) is 2.16. The van der Waals surface area contributed by atoms with Crippen molar-refractivity contribution in [2.45, 2.75) is 6.54 Å². The Morgan fingerprint density at radius 1 is 1.05 bits per heavy atom. The molecule has 0 bridgehead atoms. The van der Waals surface area contributed by atoms with E-state index < -0.39 is 0 Å². The van der Waals surface area contributed by atoms with Crippen molar-refractivity contribution >= 4 is 28.1 Å². The topological polar surface area (TPSA) is 34.1 Å². The molecule has 0 fully saturated rings. The summed E-state index contributed by atoms with van der Waals surface area (Å²) < 4.78 is 5.24. The number of methoxy groups -OCH3 is 1. The van der Waals surface area contributed by atoms with Gasteiger partial charge in [-0.3, -0.25) is 0 Å². The fourth-order valence-corrected chi connectivity index (χ4v) is 2.31. The van der Waals surface area contributed by atoms with E-state index in [-0.39, 0.29) is 0 Å². The zero-order chi connectivity index (χ0) is 14.7. The van der Waals surface area contributed by atoms with Gasteiger partial charge in [0.05, 0.1) is 19.0 Å². The smallest absolute Gasteiger partial charge is 0.129 e. The lowest BCUT2D eigenvalue weighted by Crippen LogP contribution is -1.99. The van der Waals surface area contributed by atoms with Crippen LogP contribution in [0.3, 0.4) is 0 Å². The Morgan fingerprint density at radius 3 is 2.62 bits per heavy atom. The summed E-state index contributed by atoms with van der Waals surface area (Å²) in [5, 5.41) is 6.20. The zero-order valence-electron chi connectivity index (χ0n) is 11.6. The molecule has 2 aromatic carbocycles. The first-order valence-electron chi connectivity index (χ1n) is 6.67. The minimum Gasteiger partial charge on any atom is -0.497 e. The first kappa shape index (κ1) is 13.7. The van der Waals surface area contributed by atoms with Crippen molar-refractivity contribution in [1.82, 2.24) is 4.98 Å². The van der Waals surface area contributed by atoms with Crippen LogP contribution < -0.4 is 10.1 Å². The predicted molar refractivity (Wildman–Crippen MR) is 87.1 cm³/mol. The maximum Gasteiger partial charge on any atom is 0.129 e. The van der Waals surface area contributed by atoms with Gasteiger partial charge in [0, 0.05) is 6.54 Å². The minimum atomic E-state index is 0.500. The van der Waals surface area contributed by atoms with Crippen molar-refractivity contribution in [1.29, 1.82) is 0 Å². The first-order valence-corrected chi connectivity index (χ1v) is 7.04. The van der Waals surface area contributed by atoms with E-state index in [1.165, 1.54) is 16.3 Å². The fraction of sp³-hybridized carbons (Fsp3) is 0.118. The molecule has 0 aliphatic rings. The number of aromatic nitrogens is 1. The lowest BCUT2D eigenvalue weighted by molar-refractivity contribution is 0.415. The molecule has 0 aliphatic heterocycles. The molecule has 4 heteroatoms. The molecule has 0 atom stereocenters. The Morgan fingerprint density at radius 2 is 1.86 bits per heavy atom. The van der Waals surface area contributed by atoms with Crippen LogP contribution in [0.2, 0.25) is 5.15 Å². The summed E-state index contributed by atoms with van der Waals surface area (Å²) in [6, 6.07) is 16.2. The van der Waals surface area contributed by atoms with Gasteiger partial charge in [-0.25, -0.2) is 4.98 Å². The summed E-state index contributed by atoms with van der Waals surface area (Å²) in [7, 11) is 1.68. The Kier molecular flexibility index (Phi) is 3.93. The van der Waals surface area contributed by atoms with E-state index in [4.69, 9.17) is 16.3 Å². The van der Waals surface area contributed by atoms with E-state index in [1.54, 1.807) is 19.4 Å². The van der Waals surface area contributed by atoms with Crippen LogP contribution in [-0.2, 0) is 6.54 Å². The molecule has 0 radical (unpaired) electrons. The molecular formula is C17H15ClN2O. The van der Waals surface area contributed by atoms with E-state index >= 15 is 0 Å². The summed E-state index contributed by atoms with van der Waals surface area (Å²) in [6.45, 7) is 0.741. The van der Waals surface area contributed by atoms with Gasteiger partial charge in [0.1, 0.15) is 10.9 Å². The largest absolute Gasteiger partial charge is 0.497 e. The standard InChI is InChI=1S/C17H15ClN2O/c1-21-16-6-4-13-8-12(2-3-14(13)9-16)10-19-15-5-7-17(18)20-11-15/h2-9,11,19H,10H2,1H3. The number of halogens is 1. The third kappa shape index (κ3) is 3.26. The molecule has 0 unspecified atom stereocenters. The van der Waals surface area contributed by atoms with Gasteiger partial charge in [0.25, 0.3) is 0 Å². The number of nitrogens with one attached hydrogen (secondary N) is 1. The third-order valence-electron chi connectivity index (χ3n) is 3.34. The lowest BCUT2D eigenvalue weighted by atomic mass is 10.1. The molecule has 0 aliphatic carbocycles. The van der Waals surface area contributed by atoms with Gasteiger partial charge in [-0.2, -0.15) is 0 Å².